The first-order valence-electron chi connectivity index (χ1n) is 6.34. The van der Waals surface area contributed by atoms with Crippen LogP contribution in [0.5, 0.6) is 0 Å². The molecule has 0 aromatic heterocycles. The molecule has 19 heavy (non-hydrogen) atoms. The van der Waals surface area contributed by atoms with E-state index in [0.29, 0.717) is 17.0 Å². The van der Waals surface area contributed by atoms with Gasteiger partial charge in [0.25, 0.3) is 0 Å². The molecule has 0 heterocycles. The van der Waals surface area contributed by atoms with Gasteiger partial charge in [-0.15, -0.1) is 0 Å². The van der Waals surface area contributed by atoms with Crippen molar-refractivity contribution in [3.8, 4) is 0 Å². The quantitative estimate of drug-likeness (QED) is 0.870. The van der Waals surface area contributed by atoms with Crippen LogP contribution in [0.1, 0.15) is 17.0 Å². The van der Waals surface area contributed by atoms with E-state index < -0.39 is 0 Å². The minimum absolute atomic E-state index is 0.232. The summed E-state index contributed by atoms with van der Waals surface area (Å²) in [5.41, 5.74) is 1.92. The van der Waals surface area contributed by atoms with Crippen LogP contribution in [-0.4, -0.2) is 13.6 Å². The summed E-state index contributed by atoms with van der Waals surface area (Å²) in [5.74, 6) is 0.0198. The zero-order valence-electron chi connectivity index (χ0n) is 10.9. The number of nitrogens with one attached hydrogen (secondary N) is 1. The van der Waals surface area contributed by atoms with E-state index in [0.717, 1.165) is 6.54 Å². The highest BCUT2D eigenvalue weighted by molar-refractivity contribution is 6.30. The standard InChI is InChI=1S/C16H17ClFN/c1-19-11-14(12-5-3-2-4-6-12)9-13-7-8-15(17)10-16(13)18/h2-8,10,14,19H,9,11H2,1H3. The van der Waals surface area contributed by atoms with Crippen LogP contribution in [0.25, 0.3) is 0 Å². The molecule has 0 aliphatic rings. The zero-order chi connectivity index (χ0) is 13.7. The highest BCUT2D eigenvalue weighted by atomic mass is 35.5. The number of hydrogen-bond donors (Lipinski definition) is 1. The summed E-state index contributed by atoms with van der Waals surface area (Å²) >= 11 is 5.78. The smallest absolute Gasteiger partial charge is 0.127 e. The lowest BCUT2D eigenvalue weighted by Gasteiger charge is -2.17. The number of rotatable bonds is 5. The Morgan fingerprint density at radius 3 is 2.53 bits per heavy atom. The summed E-state index contributed by atoms with van der Waals surface area (Å²) in [7, 11) is 1.91. The first-order chi connectivity index (χ1) is 9.20. The molecule has 0 aliphatic heterocycles. The fourth-order valence-corrected chi connectivity index (χ4v) is 2.39. The molecule has 1 nitrogen and oxygen atoms in total. The SMILES string of the molecule is CNCC(Cc1ccc(Cl)cc1F)c1ccccc1. The largest absolute Gasteiger partial charge is 0.319 e. The van der Waals surface area contributed by atoms with Gasteiger partial charge in [0.15, 0.2) is 0 Å². The molecule has 2 aromatic carbocycles. The van der Waals surface area contributed by atoms with Gasteiger partial charge in [-0.2, -0.15) is 0 Å². The Hall–Kier alpha value is -1.38. The fourth-order valence-electron chi connectivity index (χ4n) is 2.23. The molecule has 3 heteroatoms. The van der Waals surface area contributed by atoms with Crippen molar-refractivity contribution in [1.82, 2.24) is 5.32 Å². The topological polar surface area (TPSA) is 12.0 Å². The van der Waals surface area contributed by atoms with Crippen molar-refractivity contribution in [2.45, 2.75) is 12.3 Å². The van der Waals surface area contributed by atoms with Crippen molar-refractivity contribution in [2.75, 3.05) is 13.6 Å². The van der Waals surface area contributed by atoms with Gasteiger partial charge in [0, 0.05) is 17.5 Å². The Morgan fingerprint density at radius 1 is 1.16 bits per heavy atom. The molecule has 0 amide bonds. The maximum atomic E-state index is 13.9. The monoisotopic (exact) mass is 277 g/mol. The van der Waals surface area contributed by atoms with Gasteiger partial charge >= 0.3 is 0 Å². The van der Waals surface area contributed by atoms with Crippen LogP contribution in [0.15, 0.2) is 48.5 Å². The maximum absolute atomic E-state index is 13.9. The second-order valence-corrected chi connectivity index (χ2v) is 5.04. The fraction of sp³-hybridized carbons (Fsp3) is 0.250. The van der Waals surface area contributed by atoms with Gasteiger partial charge in [0.1, 0.15) is 5.82 Å². The third-order valence-electron chi connectivity index (χ3n) is 3.20. The van der Waals surface area contributed by atoms with Crippen LogP contribution in [0.2, 0.25) is 5.02 Å². The predicted octanol–water partition coefficient (Wildman–Crippen LogP) is 4.02. The second-order valence-electron chi connectivity index (χ2n) is 4.61. The first-order valence-corrected chi connectivity index (χ1v) is 6.72. The molecule has 0 fully saturated rings. The first kappa shape index (κ1) is 14.0. The van der Waals surface area contributed by atoms with Gasteiger partial charge < -0.3 is 5.32 Å². The molecule has 0 radical (unpaired) electrons. The van der Waals surface area contributed by atoms with Gasteiger partial charge in [-0.05, 0) is 36.7 Å². The van der Waals surface area contributed by atoms with Gasteiger partial charge in [-0.25, -0.2) is 4.39 Å². The van der Waals surface area contributed by atoms with E-state index in [4.69, 9.17) is 11.6 Å². The molecule has 1 atom stereocenters. The van der Waals surface area contributed by atoms with E-state index in [9.17, 15) is 4.39 Å². The van der Waals surface area contributed by atoms with E-state index in [2.05, 4.69) is 17.4 Å². The molecule has 0 saturated heterocycles. The number of benzene rings is 2. The minimum Gasteiger partial charge on any atom is -0.319 e. The summed E-state index contributed by atoms with van der Waals surface area (Å²) in [5, 5.41) is 3.61. The summed E-state index contributed by atoms with van der Waals surface area (Å²) < 4.78 is 13.9. The molecular weight excluding hydrogens is 261 g/mol. The van der Waals surface area contributed by atoms with Crippen LogP contribution in [-0.2, 0) is 6.42 Å². The Kier molecular flexibility index (Phi) is 4.94. The summed E-state index contributed by atoms with van der Waals surface area (Å²) in [6.07, 6.45) is 0.661. The van der Waals surface area contributed by atoms with Gasteiger partial charge in [-0.3, -0.25) is 0 Å². The molecule has 1 N–H and O–H groups in total. The highest BCUT2D eigenvalue weighted by Gasteiger charge is 2.14. The van der Waals surface area contributed by atoms with E-state index in [1.807, 2.05) is 25.2 Å². The third-order valence-corrected chi connectivity index (χ3v) is 3.44. The molecular formula is C16H17ClFN. The normalized spacial score (nSPS) is 12.4. The summed E-state index contributed by atoms with van der Waals surface area (Å²) in [4.78, 5) is 0. The highest BCUT2D eigenvalue weighted by Crippen LogP contribution is 2.23. The van der Waals surface area contributed by atoms with E-state index in [1.54, 1.807) is 12.1 Å². The van der Waals surface area contributed by atoms with Crippen molar-refractivity contribution in [3.05, 3.63) is 70.5 Å². The number of hydrogen-bond acceptors (Lipinski definition) is 1. The average molecular weight is 278 g/mol. The van der Waals surface area contributed by atoms with Crippen molar-refractivity contribution < 1.29 is 4.39 Å². The lowest BCUT2D eigenvalue weighted by atomic mass is 9.92. The average Bonchev–Trinajstić information content (AvgIpc) is 2.42. The van der Waals surface area contributed by atoms with Crippen LogP contribution in [0.4, 0.5) is 4.39 Å². The molecule has 0 saturated carbocycles. The van der Waals surface area contributed by atoms with Crippen LogP contribution in [0.3, 0.4) is 0 Å². The van der Waals surface area contributed by atoms with Crippen molar-refractivity contribution >= 4 is 11.6 Å². The van der Waals surface area contributed by atoms with Gasteiger partial charge in [-0.1, -0.05) is 48.0 Å². The maximum Gasteiger partial charge on any atom is 0.127 e. The number of likely N-dealkylation sites (N-methyl/N-ethyl adjacent to an activating group) is 1. The molecule has 0 spiro atoms. The van der Waals surface area contributed by atoms with Crippen molar-refractivity contribution in [2.24, 2.45) is 0 Å². The third kappa shape index (κ3) is 3.79. The van der Waals surface area contributed by atoms with Crippen molar-refractivity contribution in [1.29, 1.82) is 0 Å². The summed E-state index contributed by atoms with van der Waals surface area (Å²) in [6, 6.07) is 15.0. The van der Waals surface area contributed by atoms with Crippen molar-refractivity contribution in [3.63, 3.8) is 0 Å². The molecule has 100 valence electrons. The molecule has 2 rings (SSSR count). The Morgan fingerprint density at radius 2 is 1.89 bits per heavy atom. The Bertz CT molecular complexity index is 528. The van der Waals surface area contributed by atoms with E-state index in [-0.39, 0.29) is 11.7 Å². The zero-order valence-corrected chi connectivity index (χ0v) is 11.6. The van der Waals surface area contributed by atoms with Gasteiger partial charge in [0.2, 0.25) is 0 Å². The van der Waals surface area contributed by atoms with Crippen LogP contribution >= 0.6 is 11.6 Å². The second kappa shape index (κ2) is 6.69. The van der Waals surface area contributed by atoms with E-state index in [1.165, 1.54) is 11.6 Å². The van der Waals surface area contributed by atoms with Crippen LogP contribution < -0.4 is 5.32 Å². The molecule has 0 aliphatic carbocycles. The minimum atomic E-state index is -0.232. The van der Waals surface area contributed by atoms with E-state index >= 15 is 0 Å². The van der Waals surface area contributed by atoms with Gasteiger partial charge in [0.05, 0.1) is 0 Å². The lowest BCUT2D eigenvalue weighted by Crippen LogP contribution is -2.19. The predicted molar refractivity (Wildman–Crippen MR) is 78.2 cm³/mol. The summed E-state index contributed by atoms with van der Waals surface area (Å²) in [6.45, 7) is 0.812. The Balaban J connectivity index is 2.21. The lowest BCUT2D eigenvalue weighted by molar-refractivity contribution is 0.574. The molecule has 0 bridgehead atoms. The molecule has 2 aromatic rings. The van der Waals surface area contributed by atoms with Crippen LogP contribution in [0, 0.1) is 5.82 Å². The molecule has 1 unspecified atom stereocenters. The Labute approximate surface area is 118 Å². The number of halogens is 2.